The first-order chi connectivity index (χ1) is 7.91. The van der Waals surface area contributed by atoms with Gasteiger partial charge >= 0.3 is 0 Å². The average molecular weight is 258 g/mol. The van der Waals surface area contributed by atoms with Gasteiger partial charge in [0.1, 0.15) is 5.82 Å². The van der Waals surface area contributed by atoms with Gasteiger partial charge in [-0.25, -0.2) is 4.39 Å². The van der Waals surface area contributed by atoms with Crippen LogP contribution in [0.3, 0.4) is 0 Å². The van der Waals surface area contributed by atoms with E-state index in [-0.39, 0.29) is 17.1 Å². The summed E-state index contributed by atoms with van der Waals surface area (Å²) in [5, 5.41) is 0.0278. The van der Waals surface area contributed by atoms with E-state index in [0.29, 0.717) is 17.7 Å². The normalized spacial score (nSPS) is 12.3. The summed E-state index contributed by atoms with van der Waals surface area (Å²) in [6.45, 7) is 4.12. The molecule has 1 aromatic rings. The van der Waals surface area contributed by atoms with Crippen LogP contribution in [-0.2, 0) is 0 Å². The number of nitrogens with zero attached hydrogens (tertiary/aromatic N) is 1. The van der Waals surface area contributed by atoms with Gasteiger partial charge in [0.15, 0.2) is 0 Å². The van der Waals surface area contributed by atoms with Crippen LogP contribution in [0.1, 0.15) is 29.3 Å². The molecule has 17 heavy (non-hydrogen) atoms. The maximum Gasteiger partial charge on any atom is 0.253 e. The molecular formula is C13H17ClFNO. The van der Waals surface area contributed by atoms with Crippen LogP contribution >= 0.6 is 11.6 Å². The summed E-state index contributed by atoms with van der Waals surface area (Å²) in [4.78, 5) is 13.5. The van der Waals surface area contributed by atoms with Gasteiger partial charge in [-0.2, -0.15) is 0 Å². The largest absolute Gasteiger partial charge is 0.342 e. The van der Waals surface area contributed by atoms with Gasteiger partial charge in [-0.05, 0) is 38.0 Å². The van der Waals surface area contributed by atoms with Gasteiger partial charge in [-0.3, -0.25) is 4.79 Å². The highest BCUT2D eigenvalue weighted by Crippen LogP contribution is 2.11. The van der Waals surface area contributed by atoms with Crippen molar-refractivity contribution in [3.8, 4) is 0 Å². The number of benzene rings is 1. The fourth-order valence-corrected chi connectivity index (χ4v) is 1.52. The Bertz CT molecular complexity index is 406. The van der Waals surface area contributed by atoms with Gasteiger partial charge in [-0.15, -0.1) is 11.6 Å². The first kappa shape index (κ1) is 14.0. The predicted molar refractivity (Wildman–Crippen MR) is 68.0 cm³/mol. The van der Waals surface area contributed by atoms with Crippen molar-refractivity contribution >= 4 is 17.5 Å². The van der Waals surface area contributed by atoms with Crippen molar-refractivity contribution in [1.82, 2.24) is 4.90 Å². The maximum atomic E-state index is 13.3. The van der Waals surface area contributed by atoms with Crippen molar-refractivity contribution < 1.29 is 9.18 Å². The first-order valence-corrected chi connectivity index (χ1v) is 6.01. The number of rotatable bonds is 4. The van der Waals surface area contributed by atoms with Crippen LogP contribution in [0.5, 0.6) is 0 Å². The second-order valence-corrected chi connectivity index (χ2v) is 5.01. The molecule has 0 aliphatic rings. The SMILES string of the molecule is Cc1ccc(C(=O)N(C)CCC(C)Cl)cc1F. The molecule has 0 radical (unpaired) electrons. The molecule has 0 spiro atoms. The smallest absolute Gasteiger partial charge is 0.253 e. The molecule has 0 aromatic heterocycles. The average Bonchev–Trinajstić information content (AvgIpc) is 2.28. The summed E-state index contributed by atoms with van der Waals surface area (Å²) < 4.78 is 13.3. The van der Waals surface area contributed by atoms with E-state index >= 15 is 0 Å². The molecule has 94 valence electrons. The first-order valence-electron chi connectivity index (χ1n) is 5.57. The molecule has 1 rings (SSSR count). The lowest BCUT2D eigenvalue weighted by atomic mass is 10.1. The fourth-order valence-electron chi connectivity index (χ4n) is 1.42. The van der Waals surface area contributed by atoms with E-state index in [2.05, 4.69) is 0 Å². The van der Waals surface area contributed by atoms with E-state index in [1.165, 1.54) is 6.07 Å². The van der Waals surface area contributed by atoms with Crippen LogP contribution < -0.4 is 0 Å². The van der Waals surface area contributed by atoms with Crippen LogP contribution in [0.25, 0.3) is 0 Å². The Balaban J connectivity index is 2.71. The highest BCUT2D eigenvalue weighted by atomic mass is 35.5. The summed E-state index contributed by atoms with van der Waals surface area (Å²) in [6.07, 6.45) is 0.720. The van der Waals surface area contributed by atoms with E-state index in [1.54, 1.807) is 31.0 Å². The second-order valence-electron chi connectivity index (χ2n) is 4.26. The Kier molecular flexibility index (Phi) is 4.94. The fraction of sp³-hybridized carbons (Fsp3) is 0.462. The van der Waals surface area contributed by atoms with Crippen LogP contribution in [0.15, 0.2) is 18.2 Å². The number of hydrogen-bond acceptors (Lipinski definition) is 1. The molecule has 0 N–H and O–H groups in total. The molecule has 0 saturated carbocycles. The number of hydrogen-bond donors (Lipinski definition) is 0. The number of carbonyl (C=O) groups is 1. The minimum atomic E-state index is -0.352. The van der Waals surface area contributed by atoms with Gasteiger partial charge in [0, 0.05) is 24.5 Å². The van der Waals surface area contributed by atoms with Gasteiger partial charge < -0.3 is 4.90 Å². The summed E-state index contributed by atoms with van der Waals surface area (Å²) >= 11 is 5.82. The molecule has 0 aliphatic heterocycles. The van der Waals surface area contributed by atoms with Gasteiger partial charge in [0.05, 0.1) is 0 Å². The second kappa shape index (κ2) is 6.01. The third kappa shape index (κ3) is 4.00. The predicted octanol–water partition coefficient (Wildman–Crippen LogP) is 3.22. The van der Waals surface area contributed by atoms with Crippen molar-refractivity contribution in [3.05, 3.63) is 35.1 Å². The van der Waals surface area contributed by atoms with Crippen molar-refractivity contribution in [1.29, 1.82) is 0 Å². The van der Waals surface area contributed by atoms with E-state index < -0.39 is 0 Å². The van der Waals surface area contributed by atoms with Crippen molar-refractivity contribution in [2.75, 3.05) is 13.6 Å². The number of halogens is 2. The van der Waals surface area contributed by atoms with Crippen molar-refractivity contribution in [3.63, 3.8) is 0 Å². The van der Waals surface area contributed by atoms with Crippen LogP contribution in [0, 0.1) is 12.7 Å². The lowest BCUT2D eigenvalue weighted by Gasteiger charge is -2.18. The quantitative estimate of drug-likeness (QED) is 0.759. The molecule has 0 bridgehead atoms. The molecule has 1 atom stereocenters. The molecule has 1 amide bonds. The third-order valence-corrected chi connectivity index (χ3v) is 2.85. The Morgan fingerprint density at radius 2 is 2.18 bits per heavy atom. The highest BCUT2D eigenvalue weighted by Gasteiger charge is 2.13. The standard InChI is InChI=1S/C13H17ClFNO/c1-9-4-5-11(8-12(9)15)13(17)16(3)7-6-10(2)14/h4-5,8,10H,6-7H2,1-3H3. The molecular weight excluding hydrogens is 241 g/mol. The lowest BCUT2D eigenvalue weighted by molar-refractivity contribution is 0.0793. The lowest BCUT2D eigenvalue weighted by Crippen LogP contribution is -2.28. The zero-order valence-electron chi connectivity index (χ0n) is 10.3. The van der Waals surface area contributed by atoms with Gasteiger partial charge in [0.2, 0.25) is 0 Å². The van der Waals surface area contributed by atoms with Crippen molar-refractivity contribution in [2.45, 2.75) is 25.6 Å². The maximum absolute atomic E-state index is 13.3. The topological polar surface area (TPSA) is 20.3 Å². The van der Waals surface area contributed by atoms with E-state index in [4.69, 9.17) is 11.6 Å². The Hall–Kier alpha value is -1.09. The molecule has 1 aromatic carbocycles. The third-order valence-electron chi connectivity index (χ3n) is 2.63. The molecule has 0 saturated heterocycles. The zero-order valence-corrected chi connectivity index (χ0v) is 11.1. The van der Waals surface area contributed by atoms with Crippen LogP contribution in [0.2, 0.25) is 0 Å². The summed E-state index contributed by atoms with van der Waals surface area (Å²) in [7, 11) is 1.69. The van der Waals surface area contributed by atoms with Gasteiger partial charge in [-0.1, -0.05) is 6.07 Å². The number of aryl methyl sites for hydroxylation is 1. The number of amides is 1. The van der Waals surface area contributed by atoms with Crippen LogP contribution in [0.4, 0.5) is 4.39 Å². The zero-order chi connectivity index (χ0) is 13.0. The van der Waals surface area contributed by atoms with E-state index in [9.17, 15) is 9.18 Å². The molecule has 0 fully saturated rings. The van der Waals surface area contributed by atoms with Gasteiger partial charge in [0.25, 0.3) is 5.91 Å². The minimum Gasteiger partial charge on any atom is -0.342 e. The highest BCUT2D eigenvalue weighted by molar-refractivity contribution is 6.20. The summed E-state index contributed by atoms with van der Waals surface area (Å²) in [5.74, 6) is -0.531. The number of carbonyl (C=O) groups excluding carboxylic acids is 1. The molecule has 4 heteroatoms. The Morgan fingerprint density at radius 3 is 2.71 bits per heavy atom. The Morgan fingerprint density at radius 1 is 1.53 bits per heavy atom. The van der Waals surface area contributed by atoms with Crippen molar-refractivity contribution in [2.24, 2.45) is 0 Å². The molecule has 1 unspecified atom stereocenters. The molecule has 2 nitrogen and oxygen atoms in total. The van der Waals surface area contributed by atoms with E-state index in [1.807, 2.05) is 6.92 Å². The van der Waals surface area contributed by atoms with E-state index in [0.717, 1.165) is 6.42 Å². The molecule has 0 heterocycles. The monoisotopic (exact) mass is 257 g/mol. The summed E-state index contributed by atoms with van der Waals surface area (Å²) in [6, 6.07) is 4.53. The minimum absolute atomic E-state index is 0.0278. The number of alkyl halides is 1. The van der Waals surface area contributed by atoms with Crippen LogP contribution in [-0.4, -0.2) is 29.8 Å². The molecule has 0 aliphatic carbocycles. The Labute approximate surface area is 106 Å². The summed E-state index contributed by atoms with van der Waals surface area (Å²) in [5.41, 5.74) is 0.913.